The Kier molecular flexibility index (Phi) is 4.86. The van der Waals surface area contributed by atoms with Gasteiger partial charge in [0.1, 0.15) is 0 Å². The third-order valence-corrected chi connectivity index (χ3v) is 3.73. The predicted octanol–water partition coefficient (Wildman–Crippen LogP) is 4.81. The standard InChI is InChI=1S/C18H14ClN3S/c19-15-10-8-13(9-11-15)12-20-22-18(23)21-17-7-3-5-14-4-1-2-6-16(14)17/h1-12H,(H2,21,22,23)/b20-12+. The number of benzene rings is 3. The summed E-state index contributed by atoms with van der Waals surface area (Å²) in [4.78, 5) is 0. The molecular formula is C18H14ClN3S. The molecule has 0 aromatic heterocycles. The zero-order valence-electron chi connectivity index (χ0n) is 12.2. The Morgan fingerprint density at radius 3 is 2.52 bits per heavy atom. The highest BCUT2D eigenvalue weighted by Gasteiger charge is 2.01. The van der Waals surface area contributed by atoms with Gasteiger partial charge in [-0.3, -0.25) is 5.43 Å². The molecule has 0 amide bonds. The number of anilines is 1. The first-order chi connectivity index (χ1) is 11.2. The average molecular weight is 340 g/mol. The molecule has 0 aliphatic heterocycles. The minimum Gasteiger partial charge on any atom is -0.331 e. The molecule has 5 heteroatoms. The van der Waals surface area contributed by atoms with Gasteiger partial charge < -0.3 is 5.32 Å². The second kappa shape index (κ2) is 7.22. The van der Waals surface area contributed by atoms with Crippen LogP contribution >= 0.6 is 23.8 Å². The van der Waals surface area contributed by atoms with Gasteiger partial charge in [0.15, 0.2) is 5.11 Å². The first kappa shape index (κ1) is 15.5. The smallest absolute Gasteiger partial charge is 0.191 e. The molecule has 0 heterocycles. The molecule has 0 aliphatic rings. The number of nitrogens with one attached hydrogen (secondary N) is 2. The Morgan fingerprint density at radius 1 is 0.957 bits per heavy atom. The molecule has 2 N–H and O–H groups in total. The van der Waals surface area contributed by atoms with Crippen LogP contribution in [0.2, 0.25) is 5.02 Å². The number of hydrazone groups is 1. The van der Waals surface area contributed by atoms with E-state index in [4.69, 9.17) is 23.8 Å². The fraction of sp³-hybridized carbons (Fsp3) is 0. The van der Waals surface area contributed by atoms with Gasteiger partial charge in [0, 0.05) is 16.1 Å². The lowest BCUT2D eigenvalue weighted by atomic mass is 10.1. The van der Waals surface area contributed by atoms with E-state index in [2.05, 4.69) is 34.0 Å². The summed E-state index contributed by atoms with van der Waals surface area (Å²) in [6.45, 7) is 0. The monoisotopic (exact) mass is 339 g/mol. The van der Waals surface area contributed by atoms with E-state index < -0.39 is 0 Å². The largest absolute Gasteiger partial charge is 0.331 e. The molecule has 0 fully saturated rings. The number of fused-ring (bicyclic) bond motifs is 1. The second-order valence-electron chi connectivity index (χ2n) is 4.90. The van der Waals surface area contributed by atoms with Crippen molar-refractivity contribution in [3.05, 3.63) is 77.3 Å². The van der Waals surface area contributed by atoms with Crippen LogP contribution in [-0.4, -0.2) is 11.3 Å². The van der Waals surface area contributed by atoms with Crippen LogP contribution in [0.25, 0.3) is 10.8 Å². The van der Waals surface area contributed by atoms with Crippen molar-refractivity contribution in [3.8, 4) is 0 Å². The Hall–Kier alpha value is -2.43. The molecule has 3 aromatic carbocycles. The van der Waals surface area contributed by atoms with E-state index in [1.165, 1.54) is 0 Å². The molecule has 3 nitrogen and oxygen atoms in total. The van der Waals surface area contributed by atoms with E-state index in [9.17, 15) is 0 Å². The van der Waals surface area contributed by atoms with E-state index >= 15 is 0 Å². The van der Waals surface area contributed by atoms with Crippen LogP contribution in [-0.2, 0) is 0 Å². The molecule has 0 atom stereocenters. The molecule has 0 unspecified atom stereocenters. The Bertz CT molecular complexity index is 854. The normalized spacial score (nSPS) is 10.8. The lowest BCUT2D eigenvalue weighted by Gasteiger charge is -2.10. The van der Waals surface area contributed by atoms with E-state index in [0.717, 1.165) is 22.0 Å². The summed E-state index contributed by atoms with van der Waals surface area (Å²) in [6.07, 6.45) is 1.69. The topological polar surface area (TPSA) is 36.4 Å². The van der Waals surface area contributed by atoms with Gasteiger partial charge in [-0.2, -0.15) is 5.10 Å². The maximum Gasteiger partial charge on any atom is 0.191 e. The molecule has 0 radical (unpaired) electrons. The van der Waals surface area contributed by atoms with Gasteiger partial charge >= 0.3 is 0 Å². The molecular weight excluding hydrogens is 326 g/mol. The fourth-order valence-electron chi connectivity index (χ4n) is 2.20. The quantitative estimate of drug-likeness (QED) is 0.408. The number of hydrogen-bond donors (Lipinski definition) is 2. The van der Waals surface area contributed by atoms with Crippen molar-refractivity contribution in [3.63, 3.8) is 0 Å². The third-order valence-electron chi connectivity index (χ3n) is 3.29. The predicted molar refractivity (Wildman–Crippen MR) is 102 cm³/mol. The molecule has 0 bridgehead atoms. The van der Waals surface area contributed by atoms with Gasteiger partial charge in [-0.15, -0.1) is 0 Å². The maximum atomic E-state index is 5.84. The van der Waals surface area contributed by atoms with Crippen LogP contribution in [0.15, 0.2) is 71.8 Å². The van der Waals surface area contributed by atoms with Crippen molar-refractivity contribution in [1.82, 2.24) is 5.43 Å². The van der Waals surface area contributed by atoms with Crippen molar-refractivity contribution < 1.29 is 0 Å². The fourth-order valence-corrected chi connectivity index (χ4v) is 2.49. The van der Waals surface area contributed by atoms with Crippen LogP contribution in [0.5, 0.6) is 0 Å². The molecule has 0 aliphatic carbocycles. The molecule has 0 spiro atoms. The summed E-state index contributed by atoms with van der Waals surface area (Å²) in [5, 5.41) is 10.7. The number of halogens is 1. The van der Waals surface area contributed by atoms with Gasteiger partial charge in [-0.05, 0) is 41.4 Å². The summed E-state index contributed by atoms with van der Waals surface area (Å²) in [5.74, 6) is 0. The van der Waals surface area contributed by atoms with Gasteiger partial charge in [-0.25, -0.2) is 0 Å². The van der Waals surface area contributed by atoms with Gasteiger partial charge in [0.2, 0.25) is 0 Å². The number of thiocarbonyl (C=S) groups is 1. The highest BCUT2D eigenvalue weighted by Crippen LogP contribution is 2.22. The Balaban J connectivity index is 1.66. The first-order valence-electron chi connectivity index (χ1n) is 7.06. The Morgan fingerprint density at radius 2 is 1.70 bits per heavy atom. The highest BCUT2D eigenvalue weighted by molar-refractivity contribution is 7.80. The van der Waals surface area contributed by atoms with Crippen LogP contribution in [0.4, 0.5) is 5.69 Å². The number of rotatable bonds is 3. The summed E-state index contributed by atoms with van der Waals surface area (Å²) >= 11 is 11.1. The zero-order valence-corrected chi connectivity index (χ0v) is 13.7. The summed E-state index contributed by atoms with van der Waals surface area (Å²) in [7, 11) is 0. The SMILES string of the molecule is S=C(N/N=C/c1ccc(Cl)cc1)Nc1cccc2ccccc12. The van der Waals surface area contributed by atoms with Gasteiger partial charge in [0.25, 0.3) is 0 Å². The van der Waals surface area contributed by atoms with Gasteiger partial charge in [0.05, 0.1) is 6.21 Å². The zero-order chi connectivity index (χ0) is 16.1. The average Bonchev–Trinajstić information content (AvgIpc) is 2.57. The van der Waals surface area contributed by atoms with Crippen molar-refractivity contribution in [2.24, 2.45) is 5.10 Å². The van der Waals surface area contributed by atoms with Crippen molar-refractivity contribution in [2.45, 2.75) is 0 Å². The number of hydrogen-bond acceptors (Lipinski definition) is 2. The first-order valence-corrected chi connectivity index (χ1v) is 7.84. The molecule has 23 heavy (non-hydrogen) atoms. The molecule has 3 aromatic rings. The van der Waals surface area contributed by atoms with Crippen LogP contribution in [0, 0.1) is 0 Å². The van der Waals surface area contributed by atoms with Crippen LogP contribution < -0.4 is 10.7 Å². The minimum absolute atomic E-state index is 0.437. The van der Waals surface area contributed by atoms with Crippen molar-refractivity contribution >= 4 is 51.6 Å². The number of nitrogens with zero attached hydrogens (tertiary/aromatic N) is 1. The molecule has 114 valence electrons. The van der Waals surface area contributed by atoms with E-state index in [1.54, 1.807) is 6.21 Å². The van der Waals surface area contributed by atoms with E-state index in [0.29, 0.717) is 10.1 Å². The molecule has 0 saturated carbocycles. The van der Waals surface area contributed by atoms with E-state index in [-0.39, 0.29) is 0 Å². The molecule has 0 saturated heterocycles. The van der Waals surface area contributed by atoms with Crippen molar-refractivity contribution in [2.75, 3.05) is 5.32 Å². The van der Waals surface area contributed by atoms with Crippen molar-refractivity contribution in [1.29, 1.82) is 0 Å². The maximum absolute atomic E-state index is 5.84. The van der Waals surface area contributed by atoms with Gasteiger partial charge in [-0.1, -0.05) is 60.1 Å². The lowest BCUT2D eigenvalue weighted by Crippen LogP contribution is -2.23. The summed E-state index contributed by atoms with van der Waals surface area (Å²) < 4.78 is 0. The van der Waals surface area contributed by atoms with E-state index in [1.807, 2.05) is 48.5 Å². The molecule has 3 rings (SSSR count). The lowest BCUT2D eigenvalue weighted by molar-refractivity contribution is 1.05. The highest BCUT2D eigenvalue weighted by atomic mass is 35.5. The summed E-state index contributed by atoms with van der Waals surface area (Å²) in [6, 6.07) is 21.6. The minimum atomic E-state index is 0.437. The third kappa shape index (κ3) is 4.06. The Labute approximate surface area is 145 Å². The van der Waals surface area contributed by atoms with Crippen LogP contribution in [0.3, 0.4) is 0 Å². The summed E-state index contributed by atoms with van der Waals surface area (Å²) in [5.41, 5.74) is 4.70. The second-order valence-corrected chi connectivity index (χ2v) is 5.75. The van der Waals surface area contributed by atoms with Crippen LogP contribution in [0.1, 0.15) is 5.56 Å².